The third-order valence-corrected chi connectivity index (χ3v) is 1.31. The molecule has 0 bridgehead atoms. The molecule has 0 aromatic heterocycles. The van der Waals surface area contributed by atoms with E-state index in [0.717, 1.165) is 5.75 Å². The van der Waals surface area contributed by atoms with Gasteiger partial charge in [0.05, 0.1) is 7.11 Å². The topological polar surface area (TPSA) is 9.23 Å². The molecule has 1 rings (SSSR count). The monoisotopic (exact) mass is 254 g/mol. The molecule has 0 aliphatic heterocycles. The molecule has 0 radical (unpaired) electrons. The van der Waals surface area contributed by atoms with Crippen LogP contribution in [0.5, 0.6) is 5.75 Å². The molecule has 1 heteroatoms. The molecule has 0 atom stereocenters. The third kappa shape index (κ3) is 29.3. The first kappa shape index (κ1) is 25.6. The van der Waals surface area contributed by atoms with Gasteiger partial charge in [0, 0.05) is 0 Å². The Bertz CT molecular complexity index is 198. The lowest BCUT2D eigenvalue weighted by atomic mass is 10.3. The zero-order valence-electron chi connectivity index (χ0n) is 13.9. The molecule has 0 heterocycles. The molecule has 0 unspecified atom stereocenters. The summed E-state index contributed by atoms with van der Waals surface area (Å²) >= 11 is 0. The van der Waals surface area contributed by atoms with Gasteiger partial charge in [0.1, 0.15) is 5.75 Å². The highest BCUT2D eigenvalue weighted by molar-refractivity contribution is 5.20. The lowest BCUT2D eigenvalue weighted by Gasteiger charge is -1.93. The van der Waals surface area contributed by atoms with Gasteiger partial charge in [-0.05, 0) is 26.0 Å². The van der Waals surface area contributed by atoms with Crippen LogP contribution in [0.1, 0.15) is 55.4 Å². The van der Waals surface area contributed by atoms with Gasteiger partial charge in [-0.15, -0.1) is 0 Å². The molecule has 1 aromatic carbocycles. The summed E-state index contributed by atoms with van der Waals surface area (Å²) in [6, 6.07) is 9.68. The molecule has 18 heavy (non-hydrogen) atoms. The molecule has 1 nitrogen and oxygen atoms in total. The predicted octanol–water partition coefficient (Wildman–Crippen LogP) is 6.36. The van der Waals surface area contributed by atoms with Gasteiger partial charge in [-0.1, -0.05) is 71.9 Å². The largest absolute Gasteiger partial charge is 0.497 e. The molecule has 1 aromatic rings. The van der Waals surface area contributed by atoms with E-state index in [0.29, 0.717) is 0 Å². The van der Waals surface area contributed by atoms with Gasteiger partial charge in [-0.2, -0.15) is 0 Å². The maximum Gasteiger partial charge on any atom is 0.118 e. The fraction of sp³-hybridized carbons (Fsp3) is 0.529. The van der Waals surface area contributed by atoms with Crippen LogP contribution in [-0.2, 0) is 0 Å². The normalized spacial score (nSPS) is 6.94. The number of allylic oxidation sites excluding steroid dienone is 2. The first-order chi connectivity index (χ1) is 8.85. The van der Waals surface area contributed by atoms with Gasteiger partial charge in [0.25, 0.3) is 0 Å². The maximum absolute atomic E-state index is 4.91. The van der Waals surface area contributed by atoms with Gasteiger partial charge in [0.15, 0.2) is 0 Å². The summed E-state index contributed by atoms with van der Waals surface area (Å²) in [5.74, 6) is 0.910. The van der Waals surface area contributed by atoms with E-state index in [9.17, 15) is 0 Å². The first-order valence-corrected chi connectivity index (χ1v) is 7.01. The number of ether oxygens (including phenoxy) is 1. The van der Waals surface area contributed by atoms with Crippen LogP contribution in [0.3, 0.4) is 0 Å². The van der Waals surface area contributed by atoms with Crippen molar-refractivity contribution in [3.63, 3.8) is 0 Å². The van der Waals surface area contributed by atoms with Crippen molar-refractivity contribution in [2.24, 2.45) is 0 Å². The summed E-state index contributed by atoms with van der Waals surface area (Å²) in [5.41, 5.74) is 0. The number of rotatable bonds is 1. The van der Waals surface area contributed by atoms with Crippen LogP contribution in [-0.4, -0.2) is 7.11 Å². The van der Waals surface area contributed by atoms with Crippen LogP contribution in [0, 0.1) is 0 Å². The quantitative estimate of drug-likeness (QED) is 0.530. The van der Waals surface area contributed by atoms with E-state index < -0.39 is 0 Å². The van der Waals surface area contributed by atoms with E-state index >= 15 is 0 Å². The predicted molar refractivity (Wildman–Crippen MR) is 87.5 cm³/mol. The Kier molecular flexibility index (Phi) is 51.2. The summed E-state index contributed by atoms with van der Waals surface area (Å²) in [6.45, 7) is 16.0. The maximum atomic E-state index is 4.91. The van der Waals surface area contributed by atoms with Gasteiger partial charge in [-0.3, -0.25) is 0 Å². The smallest absolute Gasteiger partial charge is 0.118 e. The van der Waals surface area contributed by atoms with Crippen molar-refractivity contribution >= 4 is 0 Å². The molecule has 0 N–H and O–H groups in total. The van der Waals surface area contributed by atoms with Gasteiger partial charge in [-0.25, -0.2) is 0 Å². The van der Waals surface area contributed by atoms with Gasteiger partial charge >= 0.3 is 0 Å². The average Bonchev–Trinajstić information content (AvgIpc) is 2.54. The lowest BCUT2D eigenvalue weighted by molar-refractivity contribution is 0.415. The van der Waals surface area contributed by atoms with Crippen LogP contribution in [0.2, 0.25) is 0 Å². The second-order valence-corrected chi connectivity index (χ2v) is 2.18. The van der Waals surface area contributed by atoms with Crippen molar-refractivity contribution in [1.29, 1.82) is 0 Å². The summed E-state index contributed by atoms with van der Waals surface area (Å²) in [5, 5.41) is 0. The second-order valence-electron chi connectivity index (χ2n) is 2.18. The zero-order valence-corrected chi connectivity index (χ0v) is 13.9. The number of hydrogen-bond acceptors (Lipinski definition) is 1. The number of hydrogen-bond donors (Lipinski definition) is 0. The molecule has 0 amide bonds. The Morgan fingerprint density at radius 1 is 0.722 bits per heavy atom. The third-order valence-electron chi connectivity index (χ3n) is 1.31. The van der Waals surface area contributed by atoms with Crippen LogP contribution < -0.4 is 4.74 Å². The van der Waals surface area contributed by atoms with Crippen molar-refractivity contribution in [2.45, 2.75) is 55.4 Å². The zero-order chi connectivity index (χ0) is 15.2. The molecule has 0 aliphatic carbocycles. The minimum Gasteiger partial charge on any atom is -0.497 e. The molecule has 0 spiro atoms. The summed E-state index contributed by atoms with van der Waals surface area (Å²) in [7, 11) is 1.66. The Morgan fingerprint density at radius 2 is 1.06 bits per heavy atom. The summed E-state index contributed by atoms with van der Waals surface area (Å²) in [4.78, 5) is 0. The van der Waals surface area contributed by atoms with Crippen molar-refractivity contribution < 1.29 is 4.74 Å². The van der Waals surface area contributed by atoms with Crippen LogP contribution in [0.25, 0.3) is 0 Å². The molecule has 108 valence electrons. The van der Waals surface area contributed by atoms with Crippen molar-refractivity contribution in [1.82, 2.24) is 0 Å². The summed E-state index contributed by atoms with van der Waals surface area (Å²) in [6.07, 6.45) is 4.00. The Labute approximate surface area is 116 Å². The SMILES string of the molecule is C/C=C/C.CC.CC.CC.COc1ccccc1. The highest BCUT2D eigenvalue weighted by Gasteiger charge is 1.80. The highest BCUT2D eigenvalue weighted by Crippen LogP contribution is 2.05. The Hall–Kier alpha value is -1.24. The van der Waals surface area contributed by atoms with E-state index in [2.05, 4.69) is 0 Å². The molecular formula is C17H34O. The number of methoxy groups -OCH3 is 1. The fourth-order valence-corrected chi connectivity index (χ4v) is 0.557. The molecule has 0 aliphatic rings. The van der Waals surface area contributed by atoms with Gasteiger partial charge < -0.3 is 4.74 Å². The lowest BCUT2D eigenvalue weighted by Crippen LogP contribution is -1.78. The second kappa shape index (κ2) is 36.0. The highest BCUT2D eigenvalue weighted by atomic mass is 16.5. The minimum atomic E-state index is 0.910. The molecule has 0 fully saturated rings. The van der Waals surface area contributed by atoms with E-state index in [4.69, 9.17) is 4.74 Å². The first-order valence-electron chi connectivity index (χ1n) is 7.01. The van der Waals surface area contributed by atoms with Crippen molar-refractivity contribution in [3.8, 4) is 5.75 Å². The Balaban J connectivity index is -0.0000000841. The number of benzene rings is 1. The number of para-hydroxylation sites is 1. The van der Waals surface area contributed by atoms with E-state index in [1.807, 2.05) is 97.9 Å². The Morgan fingerprint density at radius 3 is 1.22 bits per heavy atom. The van der Waals surface area contributed by atoms with E-state index in [1.54, 1.807) is 7.11 Å². The minimum absolute atomic E-state index is 0.910. The molecule has 0 saturated heterocycles. The summed E-state index contributed by atoms with van der Waals surface area (Å²) < 4.78 is 4.91. The van der Waals surface area contributed by atoms with Crippen LogP contribution >= 0.6 is 0 Å². The van der Waals surface area contributed by atoms with Crippen LogP contribution in [0.15, 0.2) is 42.5 Å². The average molecular weight is 254 g/mol. The van der Waals surface area contributed by atoms with Crippen molar-refractivity contribution in [3.05, 3.63) is 42.5 Å². The van der Waals surface area contributed by atoms with E-state index in [-0.39, 0.29) is 0 Å². The van der Waals surface area contributed by atoms with Crippen molar-refractivity contribution in [2.75, 3.05) is 7.11 Å². The van der Waals surface area contributed by atoms with Crippen LogP contribution in [0.4, 0.5) is 0 Å². The fourth-order valence-electron chi connectivity index (χ4n) is 0.557. The molecular weight excluding hydrogens is 220 g/mol. The van der Waals surface area contributed by atoms with Gasteiger partial charge in [0.2, 0.25) is 0 Å². The molecule has 0 saturated carbocycles. The standard InChI is InChI=1S/C7H8O.C4H8.3C2H6/c1-8-7-5-3-2-4-6-7;1-3-4-2;3*1-2/h2-6H,1H3;3-4H,1-2H3;3*1-2H3/b;4-3+;;;. The van der Waals surface area contributed by atoms with E-state index in [1.165, 1.54) is 0 Å².